The van der Waals surface area contributed by atoms with E-state index in [1.54, 1.807) is 27.0 Å². The number of hydrogen-bond acceptors (Lipinski definition) is 3. The van der Waals surface area contributed by atoms with E-state index in [-0.39, 0.29) is 5.76 Å². The first-order valence-electron chi connectivity index (χ1n) is 3.86. The first-order chi connectivity index (χ1) is 5.97. The highest BCUT2D eigenvalue weighted by molar-refractivity contribution is 5.84. The Morgan fingerprint density at radius 2 is 2.15 bits per heavy atom. The molecular weight excluding hydrogens is 172 g/mol. The topological polar surface area (TPSA) is 59.7 Å². The summed E-state index contributed by atoms with van der Waals surface area (Å²) in [5.74, 6) is -0.634. The Morgan fingerprint density at radius 1 is 1.54 bits per heavy atom. The van der Waals surface area contributed by atoms with Gasteiger partial charge in [0.25, 0.3) is 0 Å². The molecule has 4 nitrogen and oxygen atoms in total. The third kappa shape index (κ3) is 1.89. The molecule has 1 rings (SSSR count). The SMILES string of the molecule is COC(C)(C)c1ccc(C(=O)O)o1. The van der Waals surface area contributed by atoms with E-state index in [1.165, 1.54) is 6.07 Å². The molecule has 72 valence electrons. The van der Waals surface area contributed by atoms with E-state index in [9.17, 15) is 4.79 Å². The number of rotatable bonds is 3. The second kappa shape index (κ2) is 3.22. The van der Waals surface area contributed by atoms with Crippen LogP contribution < -0.4 is 0 Å². The van der Waals surface area contributed by atoms with Crippen molar-refractivity contribution in [2.75, 3.05) is 7.11 Å². The van der Waals surface area contributed by atoms with Crippen LogP contribution in [0.3, 0.4) is 0 Å². The third-order valence-electron chi connectivity index (χ3n) is 1.92. The summed E-state index contributed by atoms with van der Waals surface area (Å²) in [6.07, 6.45) is 0. The van der Waals surface area contributed by atoms with E-state index in [4.69, 9.17) is 14.3 Å². The monoisotopic (exact) mass is 184 g/mol. The number of hydrogen-bond donors (Lipinski definition) is 1. The maximum Gasteiger partial charge on any atom is 0.371 e. The van der Waals surface area contributed by atoms with Gasteiger partial charge in [-0.3, -0.25) is 0 Å². The average molecular weight is 184 g/mol. The number of furan rings is 1. The van der Waals surface area contributed by atoms with Crippen LogP contribution in [0.5, 0.6) is 0 Å². The van der Waals surface area contributed by atoms with Gasteiger partial charge in [-0.05, 0) is 26.0 Å². The maximum atomic E-state index is 10.5. The van der Waals surface area contributed by atoms with Gasteiger partial charge in [0.05, 0.1) is 0 Å². The minimum Gasteiger partial charge on any atom is -0.475 e. The van der Waals surface area contributed by atoms with E-state index >= 15 is 0 Å². The van der Waals surface area contributed by atoms with Crippen molar-refractivity contribution in [2.45, 2.75) is 19.4 Å². The number of carboxylic acid groups (broad SMARTS) is 1. The lowest BCUT2D eigenvalue weighted by Gasteiger charge is -2.19. The Kier molecular flexibility index (Phi) is 2.43. The normalized spacial score (nSPS) is 11.6. The first-order valence-corrected chi connectivity index (χ1v) is 3.86. The molecule has 0 unspecified atom stereocenters. The van der Waals surface area contributed by atoms with E-state index in [0.29, 0.717) is 5.76 Å². The summed E-state index contributed by atoms with van der Waals surface area (Å²) in [6.45, 7) is 3.61. The molecule has 0 spiro atoms. The Hall–Kier alpha value is -1.29. The number of carboxylic acids is 1. The van der Waals surface area contributed by atoms with Gasteiger partial charge in [0, 0.05) is 7.11 Å². The van der Waals surface area contributed by atoms with Gasteiger partial charge in [0.2, 0.25) is 5.76 Å². The van der Waals surface area contributed by atoms with Crippen LogP contribution in [0.15, 0.2) is 16.5 Å². The molecule has 1 heterocycles. The van der Waals surface area contributed by atoms with Crippen molar-refractivity contribution < 1.29 is 19.1 Å². The molecule has 0 amide bonds. The fourth-order valence-electron chi connectivity index (χ4n) is 0.877. The lowest BCUT2D eigenvalue weighted by atomic mass is 10.1. The molecule has 1 aromatic rings. The zero-order valence-corrected chi connectivity index (χ0v) is 7.83. The van der Waals surface area contributed by atoms with Crippen LogP contribution in [0.1, 0.15) is 30.2 Å². The Balaban J connectivity index is 2.98. The predicted molar refractivity (Wildman–Crippen MR) is 45.7 cm³/mol. The van der Waals surface area contributed by atoms with Crippen LogP contribution in [0, 0.1) is 0 Å². The van der Waals surface area contributed by atoms with Crippen LogP contribution >= 0.6 is 0 Å². The van der Waals surface area contributed by atoms with E-state index in [2.05, 4.69) is 0 Å². The molecule has 0 aliphatic heterocycles. The zero-order valence-electron chi connectivity index (χ0n) is 7.83. The highest BCUT2D eigenvalue weighted by Gasteiger charge is 2.24. The summed E-state index contributed by atoms with van der Waals surface area (Å²) in [4.78, 5) is 10.5. The molecule has 0 saturated heterocycles. The molecule has 0 atom stereocenters. The molecule has 0 aromatic carbocycles. The molecular formula is C9H12O4. The Bertz CT molecular complexity index is 311. The van der Waals surface area contributed by atoms with Gasteiger partial charge in [-0.2, -0.15) is 0 Å². The quantitative estimate of drug-likeness (QED) is 0.778. The summed E-state index contributed by atoms with van der Waals surface area (Å²) in [7, 11) is 1.54. The van der Waals surface area contributed by atoms with Gasteiger partial charge >= 0.3 is 5.97 Å². The molecule has 13 heavy (non-hydrogen) atoms. The minimum atomic E-state index is -1.07. The lowest BCUT2D eigenvalue weighted by molar-refractivity contribution is -0.000234. The van der Waals surface area contributed by atoms with Gasteiger partial charge in [-0.15, -0.1) is 0 Å². The molecule has 0 aliphatic rings. The van der Waals surface area contributed by atoms with Crippen molar-refractivity contribution in [3.63, 3.8) is 0 Å². The zero-order chi connectivity index (χ0) is 10.1. The fraction of sp³-hybridized carbons (Fsp3) is 0.444. The number of aromatic carboxylic acids is 1. The second-order valence-electron chi connectivity index (χ2n) is 3.18. The van der Waals surface area contributed by atoms with Crippen LogP contribution in [0.4, 0.5) is 0 Å². The molecule has 0 bridgehead atoms. The van der Waals surface area contributed by atoms with Crippen LogP contribution in [0.2, 0.25) is 0 Å². The smallest absolute Gasteiger partial charge is 0.371 e. The van der Waals surface area contributed by atoms with Crippen molar-refractivity contribution in [1.29, 1.82) is 0 Å². The van der Waals surface area contributed by atoms with Gasteiger partial charge in [0.1, 0.15) is 11.4 Å². The number of methoxy groups -OCH3 is 1. The highest BCUT2D eigenvalue weighted by atomic mass is 16.5. The summed E-state index contributed by atoms with van der Waals surface area (Å²) in [5, 5.41) is 8.60. The van der Waals surface area contributed by atoms with Crippen LogP contribution in [-0.4, -0.2) is 18.2 Å². The molecule has 0 radical (unpaired) electrons. The fourth-order valence-corrected chi connectivity index (χ4v) is 0.877. The van der Waals surface area contributed by atoms with Crippen molar-refractivity contribution in [3.05, 3.63) is 23.7 Å². The van der Waals surface area contributed by atoms with Gasteiger partial charge < -0.3 is 14.3 Å². The van der Waals surface area contributed by atoms with E-state index < -0.39 is 11.6 Å². The molecule has 4 heteroatoms. The molecule has 0 fully saturated rings. The van der Waals surface area contributed by atoms with Crippen LogP contribution in [-0.2, 0) is 10.3 Å². The van der Waals surface area contributed by atoms with Gasteiger partial charge in [0.15, 0.2) is 0 Å². The lowest BCUT2D eigenvalue weighted by Crippen LogP contribution is -2.18. The average Bonchev–Trinajstić information content (AvgIpc) is 2.52. The number of carbonyl (C=O) groups is 1. The summed E-state index contributed by atoms with van der Waals surface area (Å²) >= 11 is 0. The summed E-state index contributed by atoms with van der Waals surface area (Å²) in [6, 6.07) is 3.02. The number of ether oxygens (including phenoxy) is 1. The Morgan fingerprint density at radius 3 is 2.54 bits per heavy atom. The Labute approximate surface area is 76.1 Å². The molecule has 0 saturated carbocycles. The summed E-state index contributed by atoms with van der Waals surface area (Å²) in [5.41, 5.74) is -0.590. The van der Waals surface area contributed by atoms with Crippen molar-refractivity contribution >= 4 is 5.97 Å². The summed E-state index contributed by atoms with van der Waals surface area (Å²) < 4.78 is 10.2. The third-order valence-corrected chi connectivity index (χ3v) is 1.92. The largest absolute Gasteiger partial charge is 0.475 e. The van der Waals surface area contributed by atoms with Crippen LogP contribution in [0.25, 0.3) is 0 Å². The minimum absolute atomic E-state index is 0.0693. The second-order valence-corrected chi connectivity index (χ2v) is 3.18. The molecule has 1 N–H and O–H groups in total. The molecule has 1 aromatic heterocycles. The van der Waals surface area contributed by atoms with E-state index in [1.807, 2.05) is 0 Å². The van der Waals surface area contributed by atoms with Crippen molar-refractivity contribution in [3.8, 4) is 0 Å². The van der Waals surface area contributed by atoms with Crippen molar-refractivity contribution in [2.24, 2.45) is 0 Å². The highest BCUT2D eigenvalue weighted by Crippen LogP contribution is 2.25. The van der Waals surface area contributed by atoms with E-state index in [0.717, 1.165) is 0 Å². The van der Waals surface area contributed by atoms with Gasteiger partial charge in [-0.1, -0.05) is 0 Å². The van der Waals surface area contributed by atoms with Gasteiger partial charge in [-0.25, -0.2) is 4.79 Å². The van der Waals surface area contributed by atoms with Crippen molar-refractivity contribution in [1.82, 2.24) is 0 Å². The maximum absolute atomic E-state index is 10.5. The molecule has 0 aliphatic carbocycles. The standard InChI is InChI=1S/C9H12O4/c1-9(2,12-3)7-5-4-6(13-7)8(10)11/h4-5H,1-3H3,(H,10,11). The predicted octanol–water partition coefficient (Wildman–Crippen LogP) is 1.86. The first kappa shape index (κ1) is 9.80.